The fourth-order valence-corrected chi connectivity index (χ4v) is 1.01. The number of nitrogens with one attached hydrogen (secondary N) is 1. The summed E-state index contributed by atoms with van der Waals surface area (Å²) in [5.41, 5.74) is 0.127. The minimum atomic E-state index is -1.03. The first-order valence-electron chi connectivity index (χ1n) is 4.89. The zero-order chi connectivity index (χ0) is 12.1. The number of aromatic nitrogens is 3. The van der Waals surface area contributed by atoms with E-state index in [9.17, 15) is 9.59 Å². The molecule has 0 atom stereocenters. The lowest BCUT2D eigenvalue weighted by Gasteiger charge is -2.04. The van der Waals surface area contributed by atoms with Gasteiger partial charge in [-0.15, -0.1) is 5.10 Å². The van der Waals surface area contributed by atoms with Crippen molar-refractivity contribution in [1.82, 2.24) is 20.3 Å². The van der Waals surface area contributed by atoms with Gasteiger partial charge in [0.2, 0.25) is 0 Å². The molecule has 0 aliphatic carbocycles. The van der Waals surface area contributed by atoms with Crippen LogP contribution in [0.25, 0.3) is 0 Å². The van der Waals surface area contributed by atoms with Gasteiger partial charge >= 0.3 is 5.97 Å². The van der Waals surface area contributed by atoms with E-state index in [0.717, 1.165) is 4.68 Å². The number of rotatable bonds is 5. The van der Waals surface area contributed by atoms with Gasteiger partial charge in [-0.25, -0.2) is 4.68 Å². The average molecular weight is 226 g/mol. The summed E-state index contributed by atoms with van der Waals surface area (Å²) in [6.45, 7) is 4.19. The highest BCUT2D eigenvalue weighted by molar-refractivity contribution is 5.91. The number of carboxylic acid groups (broad SMARTS) is 1. The third-order valence-corrected chi connectivity index (χ3v) is 1.74. The summed E-state index contributed by atoms with van der Waals surface area (Å²) >= 11 is 0. The Bertz CT molecular complexity index is 386. The quantitative estimate of drug-likeness (QED) is 0.721. The maximum Gasteiger partial charge on any atom is 0.325 e. The summed E-state index contributed by atoms with van der Waals surface area (Å²) in [6.07, 6.45) is 1.31. The van der Waals surface area contributed by atoms with Gasteiger partial charge in [-0.2, -0.15) is 0 Å². The van der Waals surface area contributed by atoms with Crippen molar-refractivity contribution in [3.8, 4) is 0 Å². The predicted molar refractivity (Wildman–Crippen MR) is 54.8 cm³/mol. The molecule has 0 aromatic carbocycles. The maximum atomic E-state index is 11.5. The summed E-state index contributed by atoms with van der Waals surface area (Å²) in [6, 6.07) is 0. The van der Waals surface area contributed by atoms with Crippen LogP contribution in [0.15, 0.2) is 6.20 Å². The molecule has 1 aromatic heterocycles. The fraction of sp³-hybridized carbons (Fsp3) is 0.556. The van der Waals surface area contributed by atoms with Gasteiger partial charge in [-0.1, -0.05) is 19.1 Å². The Morgan fingerprint density at radius 2 is 2.25 bits per heavy atom. The van der Waals surface area contributed by atoms with E-state index in [-0.39, 0.29) is 18.1 Å². The summed E-state index contributed by atoms with van der Waals surface area (Å²) in [7, 11) is 0. The van der Waals surface area contributed by atoms with Crippen molar-refractivity contribution in [3.05, 3.63) is 11.9 Å². The van der Waals surface area contributed by atoms with Crippen molar-refractivity contribution in [2.75, 3.05) is 6.54 Å². The first-order chi connectivity index (χ1) is 7.49. The molecule has 0 saturated carbocycles. The number of amides is 1. The van der Waals surface area contributed by atoms with Crippen LogP contribution in [0, 0.1) is 5.92 Å². The molecule has 16 heavy (non-hydrogen) atoms. The molecular weight excluding hydrogens is 212 g/mol. The molecule has 0 aliphatic rings. The molecule has 0 fully saturated rings. The summed E-state index contributed by atoms with van der Waals surface area (Å²) in [4.78, 5) is 21.8. The molecular formula is C9H14N4O3. The maximum absolute atomic E-state index is 11.5. The zero-order valence-electron chi connectivity index (χ0n) is 9.17. The van der Waals surface area contributed by atoms with Gasteiger partial charge in [0.15, 0.2) is 5.69 Å². The van der Waals surface area contributed by atoms with E-state index >= 15 is 0 Å². The lowest BCUT2D eigenvalue weighted by molar-refractivity contribution is -0.137. The summed E-state index contributed by atoms with van der Waals surface area (Å²) in [5.74, 6) is -1.03. The molecule has 1 aromatic rings. The van der Waals surface area contributed by atoms with Gasteiger partial charge in [0.05, 0.1) is 6.20 Å². The highest BCUT2D eigenvalue weighted by atomic mass is 16.4. The van der Waals surface area contributed by atoms with Crippen LogP contribution < -0.4 is 5.32 Å². The molecule has 0 unspecified atom stereocenters. The van der Waals surface area contributed by atoms with E-state index in [0.29, 0.717) is 12.5 Å². The van der Waals surface area contributed by atoms with Gasteiger partial charge in [0, 0.05) is 6.54 Å². The Morgan fingerprint density at radius 3 is 2.81 bits per heavy atom. The van der Waals surface area contributed by atoms with Crippen LogP contribution in [0.5, 0.6) is 0 Å². The van der Waals surface area contributed by atoms with Gasteiger partial charge in [0.1, 0.15) is 6.54 Å². The molecule has 0 saturated heterocycles. The molecule has 2 N–H and O–H groups in total. The summed E-state index contributed by atoms with van der Waals surface area (Å²) in [5, 5.41) is 18.3. The molecule has 0 spiro atoms. The smallest absolute Gasteiger partial charge is 0.325 e. The Hall–Kier alpha value is -1.92. The van der Waals surface area contributed by atoms with Gasteiger partial charge < -0.3 is 10.4 Å². The third-order valence-electron chi connectivity index (χ3n) is 1.74. The molecule has 0 bridgehead atoms. The minimum Gasteiger partial charge on any atom is -0.480 e. The molecule has 88 valence electrons. The van der Waals surface area contributed by atoms with E-state index < -0.39 is 5.97 Å². The van der Waals surface area contributed by atoms with Gasteiger partial charge in [-0.05, 0) is 5.92 Å². The third kappa shape index (κ3) is 3.68. The molecule has 7 nitrogen and oxygen atoms in total. The second-order valence-electron chi connectivity index (χ2n) is 3.80. The average Bonchev–Trinajstić information content (AvgIpc) is 2.61. The molecule has 0 radical (unpaired) electrons. The SMILES string of the molecule is CC(C)CNC(=O)c1cn(CC(=O)O)nn1. The number of hydrogen-bond donors (Lipinski definition) is 2. The molecule has 1 rings (SSSR count). The van der Waals surface area contributed by atoms with Gasteiger partial charge in [0.25, 0.3) is 5.91 Å². The van der Waals surface area contributed by atoms with Crippen LogP contribution >= 0.6 is 0 Å². The van der Waals surface area contributed by atoms with Crippen LogP contribution in [0.1, 0.15) is 24.3 Å². The van der Waals surface area contributed by atoms with E-state index in [1.54, 1.807) is 0 Å². The zero-order valence-corrected chi connectivity index (χ0v) is 9.17. The van der Waals surface area contributed by atoms with Crippen molar-refractivity contribution in [1.29, 1.82) is 0 Å². The van der Waals surface area contributed by atoms with E-state index in [2.05, 4.69) is 15.6 Å². The van der Waals surface area contributed by atoms with Crippen molar-refractivity contribution in [2.45, 2.75) is 20.4 Å². The first-order valence-corrected chi connectivity index (χ1v) is 4.89. The highest BCUT2D eigenvalue weighted by Gasteiger charge is 2.11. The van der Waals surface area contributed by atoms with E-state index in [4.69, 9.17) is 5.11 Å². The van der Waals surface area contributed by atoms with Crippen LogP contribution in [0.3, 0.4) is 0 Å². The normalized spacial score (nSPS) is 10.4. The summed E-state index contributed by atoms with van der Waals surface area (Å²) < 4.78 is 1.10. The lowest BCUT2D eigenvalue weighted by atomic mass is 10.2. The highest BCUT2D eigenvalue weighted by Crippen LogP contribution is 1.95. The van der Waals surface area contributed by atoms with Crippen LogP contribution in [-0.4, -0.2) is 38.5 Å². The minimum absolute atomic E-state index is 0.127. The second-order valence-corrected chi connectivity index (χ2v) is 3.80. The number of hydrogen-bond acceptors (Lipinski definition) is 4. The Morgan fingerprint density at radius 1 is 1.56 bits per heavy atom. The lowest BCUT2D eigenvalue weighted by Crippen LogP contribution is -2.27. The standard InChI is InChI=1S/C9H14N4O3/c1-6(2)3-10-9(16)7-4-13(12-11-7)5-8(14)15/h4,6H,3,5H2,1-2H3,(H,10,16)(H,14,15). The van der Waals surface area contributed by atoms with Crippen molar-refractivity contribution >= 4 is 11.9 Å². The van der Waals surface area contributed by atoms with Gasteiger partial charge in [-0.3, -0.25) is 9.59 Å². The second kappa shape index (κ2) is 5.24. The van der Waals surface area contributed by atoms with E-state index in [1.807, 2.05) is 13.8 Å². The Balaban J connectivity index is 2.56. The predicted octanol–water partition coefficient (Wildman–Crippen LogP) is -0.251. The molecule has 1 amide bonds. The Kier molecular flexibility index (Phi) is 3.98. The van der Waals surface area contributed by atoms with Crippen molar-refractivity contribution in [3.63, 3.8) is 0 Å². The largest absolute Gasteiger partial charge is 0.480 e. The van der Waals surface area contributed by atoms with Crippen molar-refractivity contribution in [2.24, 2.45) is 5.92 Å². The van der Waals surface area contributed by atoms with Crippen LogP contribution in [0.4, 0.5) is 0 Å². The number of carbonyl (C=O) groups excluding carboxylic acids is 1. The number of carbonyl (C=O) groups is 2. The monoisotopic (exact) mass is 226 g/mol. The first kappa shape index (κ1) is 12.2. The topological polar surface area (TPSA) is 97.1 Å². The number of nitrogens with zero attached hydrogens (tertiary/aromatic N) is 3. The number of aliphatic carboxylic acids is 1. The molecule has 1 heterocycles. The van der Waals surface area contributed by atoms with Crippen LogP contribution in [-0.2, 0) is 11.3 Å². The molecule has 0 aliphatic heterocycles. The van der Waals surface area contributed by atoms with E-state index in [1.165, 1.54) is 6.20 Å². The number of carboxylic acids is 1. The van der Waals surface area contributed by atoms with Crippen molar-refractivity contribution < 1.29 is 14.7 Å². The Labute approximate surface area is 92.4 Å². The molecule has 7 heteroatoms. The van der Waals surface area contributed by atoms with Crippen LogP contribution in [0.2, 0.25) is 0 Å². The fourth-order valence-electron chi connectivity index (χ4n) is 1.01.